The molecule has 3 heterocycles. The summed E-state index contributed by atoms with van der Waals surface area (Å²) < 4.78 is 0. The number of H-pyrrole nitrogens is 1. The summed E-state index contributed by atoms with van der Waals surface area (Å²) in [6, 6.07) is 5.16. The maximum Gasteiger partial charge on any atom is 0.256 e. The maximum atomic E-state index is 12.4. The van der Waals surface area contributed by atoms with Crippen LogP contribution in [0.25, 0.3) is 11.6 Å². The first-order valence-electron chi connectivity index (χ1n) is 8.33. The molecule has 7 heteroatoms. The lowest BCUT2D eigenvalue weighted by molar-refractivity contribution is -0.110. The van der Waals surface area contributed by atoms with Crippen LogP contribution in [0.2, 0.25) is 0 Å². The van der Waals surface area contributed by atoms with Crippen LogP contribution in [0.4, 0.5) is 5.69 Å². The highest BCUT2D eigenvalue weighted by molar-refractivity contribution is 6.35. The zero-order valence-corrected chi connectivity index (χ0v) is 14.5. The van der Waals surface area contributed by atoms with Gasteiger partial charge in [0.25, 0.3) is 17.7 Å². The summed E-state index contributed by atoms with van der Waals surface area (Å²) in [6.07, 6.45) is 4.12. The van der Waals surface area contributed by atoms with Crippen LogP contribution < -0.4 is 10.6 Å². The van der Waals surface area contributed by atoms with E-state index >= 15 is 0 Å². The minimum atomic E-state index is -0.224. The van der Waals surface area contributed by atoms with E-state index in [0.717, 1.165) is 11.3 Å². The molecule has 26 heavy (non-hydrogen) atoms. The van der Waals surface area contributed by atoms with Crippen molar-refractivity contribution in [1.82, 2.24) is 15.2 Å². The van der Waals surface area contributed by atoms with Gasteiger partial charge in [0, 0.05) is 49.3 Å². The van der Waals surface area contributed by atoms with Crippen LogP contribution in [0.15, 0.2) is 24.4 Å². The maximum absolute atomic E-state index is 12.4. The molecular formula is C19H18N4O3. The van der Waals surface area contributed by atoms with E-state index in [4.69, 9.17) is 0 Å². The number of rotatable bonds is 2. The highest BCUT2D eigenvalue weighted by atomic mass is 16.2. The van der Waals surface area contributed by atoms with Gasteiger partial charge in [-0.25, -0.2) is 0 Å². The first kappa shape index (κ1) is 16.1. The number of nitrogens with one attached hydrogen (secondary N) is 3. The van der Waals surface area contributed by atoms with Gasteiger partial charge in [-0.3, -0.25) is 14.4 Å². The van der Waals surface area contributed by atoms with Crippen LogP contribution in [0.3, 0.4) is 0 Å². The number of amides is 3. The average molecular weight is 350 g/mol. The Kier molecular flexibility index (Phi) is 3.64. The Labute approximate surface area is 150 Å². The molecule has 0 spiro atoms. The molecular weight excluding hydrogens is 332 g/mol. The lowest BCUT2D eigenvalue weighted by atomic mass is 9.99. The molecule has 7 nitrogen and oxygen atoms in total. The highest BCUT2D eigenvalue weighted by Gasteiger charge is 2.27. The van der Waals surface area contributed by atoms with E-state index in [-0.39, 0.29) is 17.7 Å². The molecule has 3 amide bonds. The molecule has 0 radical (unpaired) electrons. The number of aromatic nitrogens is 1. The summed E-state index contributed by atoms with van der Waals surface area (Å²) in [4.78, 5) is 41.2. The molecule has 2 aliphatic heterocycles. The molecule has 3 N–H and O–H groups in total. The van der Waals surface area contributed by atoms with Gasteiger partial charge in [0.1, 0.15) is 0 Å². The van der Waals surface area contributed by atoms with Crippen LogP contribution in [0.1, 0.15) is 37.5 Å². The van der Waals surface area contributed by atoms with Crippen molar-refractivity contribution < 1.29 is 14.4 Å². The molecule has 0 saturated carbocycles. The van der Waals surface area contributed by atoms with Crippen molar-refractivity contribution in [3.05, 3.63) is 52.3 Å². The first-order chi connectivity index (χ1) is 12.5. The van der Waals surface area contributed by atoms with Crippen molar-refractivity contribution in [3.63, 3.8) is 0 Å². The van der Waals surface area contributed by atoms with Gasteiger partial charge in [-0.15, -0.1) is 0 Å². The lowest BCUT2D eigenvalue weighted by Gasteiger charge is -2.13. The molecule has 0 aliphatic carbocycles. The number of nitrogens with zero attached hydrogens (tertiary/aromatic N) is 1. The third-order valence-corrected chi connectivity index (χ3v) is 4.67. The molecule has 1 aromatic heterocycles. The molecule has 0 atom stereocenters. The number of carbonyl (C=O) groups is 3. The molecule has 0 fully saturated rings. The van der Waals surface area contributed by atoms with E-state index in [0.29, 0.717) is 40.9 Å². The second-order valence-electron chi connectivity index (χ2n) is 6.57. The number of carbonyl (C=O) groups excluding carboxylic acids is 3. The zero-order valence-electron chi connectivity index (χ0n) is 14.5. The Balaban J connectivity index is 1.79. The Hall–Kier alpha value is -3.35. The van der Waals surface area contributed by atoms with E-state index in [9.17, 15) is 14.4 Å². The molecule has 2 aromatic rings. The average Bonchev–Trinajstić information content (AvgIpc) is 3.16. The normalized spacial score (nSPS) is 16.8. The van der Waals surface area contributed by atoms with Gasteiger partial charge in [0.05, 0.1) is 11.1 Å². The first-order valence-corrected chi connectivity index (χ1v) is 8.33. The summed E-state index contributed by atoms with van der Waals surface area (Å²) >= 11 is 0. The van der Waals surface area contributed by atoms with E-state index in [1.54, 1.807) is 44.6 Å². The van der Waals surface area contributed by atoms with Gasteiger partial charge < -0.3 is 20.5 Å². The van der Waals surface area contributed by atoms with E-state index in [1.165, 1.54) is 4.90 Å². The third kappa shape index (κ3) is 2.48. The van der Waals surface area contributed by atoms with E-state index in [2.05, 4.69) is 15.6 Å². The van der Waals surface area contributed by atoms with Crippen LogP contribution in [-0.4, -0.2) is 48.2 Å². The number of fused-ring (bicyclic) bond motifs is 2. The summed E-state index contributed by atoms with van der Waals surface area (Å²) in [5.74, 6) is -0.458. The summed E-state index contributed by atoms with van der Waals surface area (Å²) in [5, 5.41) is 5.62. The molecule has 132 valence electrons. The second-order valence-corrected chi connectivity index (χ2v) is 6.57. The largest absolute Gasteiger partial charge is 0.361 e. The molecule has 0 unspecified atom stereocenters. The Bertz CT molecular complexity index is 985. The van der Waals surface area contributed by atoms with Crippen LogP contribution in [-0.2, 0) is 11.2 Å². The molecule has 0 bridgehead atoms. The van der Waals surface area contributed by atoms with Gasteiger partial charge in [0.15, 0.2) is 0 Å². The summed E-state index contributed by atoms with van der Waals surface area (Å²) in [6.45, 7) is 0.574. The SMILES string of the molecule is CN(C)C(=O)c1ccc2c(c1)C(=Cc1[nH]cc3c1CCNC3=O)C(=O)N2. The van der Waals surface area contributed by atoms with Crippen LogP contribution >= 0.6 is 0 Å². The molecule has 2 aliphatic rings. The monoisotopic (exact) mass is 350 g/mol. The molecule has 0 saturated heterocycles. The topological polar surface area (TPSA) is 94.3 Å². The fourth-order valence-corrected chi connectivity index (χ4v) is 3.33. The number of hydrogen-bond donors (Lipinski definition) is 3. The summed E-state index contributed by atoms with van der Waals surface area (Å²) in [5.41, 5.74) is 4.62. The van der Waals surface area contributed by atoms with E-state index < -0.39 is 0 Å². The standard InChI is InChI=1S/C19H18N4O3/c1-23(2)19(26)10-3-4-15-12(7-10)13(18(25)22-15)8-16-11-5-6-20-17(24)14(11)9-21-16/h3-4,7-9,21H,5-6H2,1-2H3,(H,20,24)(H,22,25). The fourth-order valence-electron chi connectivity index (χ4n) is 3.33. The van der Waals surface area contributed by atoms with E-state index in [1.807, 2.05) is 0 Å². The Morgan fingerprint density at radius 3 is 2.73 bits per heavy atom. The van der Waals surface area contributed by atoms with Crippen molar-refractivity contribution in [3.8, 4) is 0 Å². The Morgan fingerprint density at radius 2 is 1.96 bits per heavy atom. The predicted octanol–water partition coefficient (Wildman–Crippen LogP) is 1.50. The number of hydrogen-bond acceptors (Lipinski definition) is 3. The van der Waals surface area contributed by atoms with Gasteiger partial charge in [-0.2, -0.15) is 0 Å². The fraction of sp³-hybridized carbons (Fsp3) is 0.211. The highest BCUT2D eigenvalue weighted by Crippen LogP contribution is 2.34. The van der Waals surface area contributed by atoms with Gasteiger partial charge in [-0.1, -0.05) is 0 Å². The second kappa shape index (κ2) is 5.87. The van der Waals surface area contributed by atoms with Crippen molar-refractivity contribution in [2.75, 3.05) is 26.0 Å². The van der Waals surface area contributed by atoms with Gasteiger partial charge in [-0.05, 0) is 36.3 Å². The van der Waals surface area contributed by atoms with Crippen molar-refractivity contribution in [1.29, 1.82) is 0 Å². The van der Waals surface area contributed by atoms with Crippen LogP contribution in [0.5, 0.6) is 0 Å². The molecule has 1 aromatic carbocycles. The minimum absolute atomic E-state index is 0.109. The predicted molar refractivity (Wildman–Crippen MR) is 97.8 cm³/mol. The smallest absolute Gasteiger partial charge is 0.256 e. The number of benzene rings is 1. The molecule has 4 rings (SSSR count). The van der Waals surface area contributed by atoms with Crippen molar-refractivity contribution in [2.45, 2.75) is 6.42 Å². The van der Waals surface area contributed by atoms with Crippen LogP contribution in [0, 0.1) is 0 Å². The van der Waals surface area contributed by atoms with Crippen molar-refractivity contribution >= 4 is 35.1 Å². The Morgan fingerprint density at radius 1 is 1.15 bits per heavy atom. The number of aromatic amines is 1. The van der Waals surface area contributed by atoms with Crippen molar-refractivity contribution in [2.24, 2.45) is 0 Å². The zero-order chi connectivity index (χ0) is 18.4. The quantitative estimate of drug-likeness (QED) is 0.717. The number of anilines is 1. The third-order valence-electron chi connectivity index (χ3n) is 4.67. The van der Waals surface area contributed by atoms with Gasteiger partial charge >= 0.3 is 0 Å². The minimum Gasteiger partial charge on any atom is -0.361 e. The summed E-state index contributed by atoms with van der Waals surface area (Å²) in [7, 11) is 3.37. The lowest BCUT2D eigenvalue weighted by Crippen LogP contribution is -2.31. The van der Waals surface area contributed by atoms with Gasteiger partial charge in [0.2, 0.25) is 0 Å².